The number of rotatable bonds is 2. The van der Waals surface area contributed by atoms with Crippen LogP contribution in [0.5, 0.6) is 5.75 Å². The van der Waals surface area contributed by atoms with E-state index in [0.717, 1.165) is 11.1 Å². The predicted molar refractivity (Wildman–Crippen MR) is 87.2 cm³/mol. The van der Waals surface area contributed by atoms with Gasteiger partial charge in [-0.3, -0.25) is 4.90 Å². The zero-order valence-corrected chi connectivity index (χ0v) is 12.8. The van der Waals surface area contributed by atoms with Gasteiger partial charge in [-0.15, -0.1) is 0 Å². The number of amidine groups is 1. The lowest BCUT2D eigenvalue weighted by Crippen LogP contribution is -2.34. The van der Waals surface area contributed by atoms with Gasteiger partial charge in [0.2, 0.25) is 0 Å². The first kappa shape index (κ1) is 15.7. The lowest BCUT2D eigenvalue weighted by molar-refractivity contribution is 0.107. The van der Waals surface area contributed by atoms with Gasteiger partial charge in [0.25, 0.3) is 0 Å². The maximum absolute atomic E-state index is 11.7. The molecule has 0 radical (unpaired) electrons. The third-order valence-electron chi connectivity index (χ3n) is 4.01. The van der Waals surface area contributed by atoms with Gasteiger partial charge in [0.1, 0.15) is 12.4 Å². The van der Waals surface area contributed by atoms with Crippen LogP contribution in [0.1, 0.15) is 22.7 Å². The maximum Gasteiger partial charge on any atom is 0.408 e. The highest BCUT2D eigenvalue weighted by Crippen LogP contribution is 2.32. The largest absolute Gasteiger partial charge is 0.491 e. The molecule has 2 aromatic carbocycles. The molecule has 1 aliphatic rings. The molecule has 0 saturated heterocycles. The van der Waals surface area contributed by atoms with Crippen molar-refractivity contribution in [3.8, 4) is 5.75 Å². The Morgan fingerprint density at radius 3 is 2.67 bits per heavy atom. The Kier molecular flexibility index (Phi) is 4.24. The van der Waals surface area contributed by atoms with Crippen molar-refractivity contribution in [3.05, 3.63) is 65.2 Å². The van der Waals surface area contributed by atoms with E-state index < -0.39 is 12.1 Å². The van der Waals surface area contributed by atoms with E-state index in [1.807, 2.05) is 30.3 Å². The van der Waals surface area contributed by atoms with Gasteiger partial charge in [-0.1, -0.05) is 47.6 Å². The van der Waals surface area contributed by atoms with Crippen LogP contribution in [0.3, 0.4) is 0 Å². The fraction of sp³-hybridized carbons (Fsp3) is 0.176. The molecule has 0 aromatic heterocycles. The van der Waals surface area contributed by atoms with E-state index in [2.05, 4.69) is 5.16 Å². The summed E-state index contributed by atoms with van der Waals surface area (Å²) in [5.41, 5.74) is 7.70. The summed E-state index contributed by atoms with van der Waals surface area (Å²) in [4.78, 5) is 13.1. The van der Waals surface area contributed by atoms with Gasteiger partial charge in [-0.05, 0) is 11.6 Å². The molecule has 0 unspecified atom stereocenters. The Hall–Kier alpha value is -3.22. The first-order valence-corrected chi connectivity index (χ1v) is 7.38. The fourth-order valence-electron chi connectivity index (χ4n) is 2.74. The molecule has 7 nitrogen and oxygen atoms in total. The Morgan fingerprint density at radius 2 is 2.00 bits per heavy atom. The Balaban J connectivity index is 1.97. The molecule has 1 aliphatic heterocycles. The third kappa shape index (κ3) is 2.96. The minimum atomic E-state index is -1.01. The number of carboxylic acid groups (broad SMARTS) is 1. The smallest absolute Gasteiger partial charge is 0.408 e. The minimum absolute atomic E-state index is 0.0275. The summed E-state index contributed by atoms with van der Waals surface area (Å²) in [5, 5.41) is 21.4. The lowest BCUT2D eigenvalue weighted by Gasteiger charge is -2.26. The number of hydrogen-bond donors (Lipinski definition) is 3. The van der Waals surface area contributed by atoms with Crippen LogP contribution in [0.15, 0.2) is 53.7 Å². The molecule has 1 heterocycles. The Bertz CT molecular complexity index is 777. The lowest BCUT2D eigenvalue weighted by atomic mass is 10.1. The summed E-state index contributed by atoms with van der Waals surface area (Å²) in [6, 6.07) is 14.0. The first-order chi connectivity index (χ1) is 11.6. The van der Waals surface area contributed by atoms with Crippen LogP contribution in [0.4, 0.5) is 4.79 Å². The van der Waals surface area contributed by atoms with E-state index in [-0.39, 0.29) is 19.0 Å². The minimum Gasteiger partial charge on any atom is -0.491 e. The summed E-state index contributed by atoms with van der Waals surface area (Å²) in [6.07, 6.45) is -1.01. The molecular weight excluding hydrogens is 310 g/mol. The third-order valence-corrected chi connectivity index (χ3v) is 4.01. The van der Waals surface area contributed by atoms with Crippen molar-refractivity contribution in [2.75, 3.05) is 6.61 Å². The van der Waals surface area contributed by atoms with Gasteiger partial charge in [-0.25, -0.2) is 4.79 Å². The van der Waals surface area contributed by atoms with Crippen LogP contribution in [0.2, 0.25) is 0 Å². The van der Waals surface area contributed by atoms with Crippen LogP contribution in [-0.2, 0) is 6.54 Å². The van der Waals surface area contributed by atoms with E-state index in [1.165, 1.54) is 4.90 Å². The van der Waals surface area contributed by atoms with Crippen LogP contribution in [0.25, 0.3) is 0 Å². The quantitative estimate of drug-likeness (QED) is 0.340. The van der Waals surface area contributed by atoms with Gasteiger partial charge in [0.05, 0.1) is 12.6 Å². The maximum atomic E-state index is 11.7. The van der Waals surface area contributed by atoms with Crippen LogP contribution >= 0.6 is 0 Å². The van der Waals surface area contributed by atoms with Crippen LogP contribution in [-0.4, -0.2) is 33.7 Å². The second-order valence-electron chi connectivity index (χ2n) is 5.46. The summed E-state index contributed by atoms with van der Waals surface area (Å²) >= 11 is 0. The molecule has 0 fully saturated rings. The van der Waals surface area contributed by atoms with Crippen molar-refractivity contribution in [1.29, 1.82) is 0 Å². The molecule has 3 rings (SSSR count). The molecule has 4 N–H and O–H groups in total. The number of ether oxygens (including phenoxy) is 1. The normalized spacial score (nSPS) is 17.6. The summed E-state index contributed by atoms with van der Waals surface area (Å²) < 4.78 is 5.83. The van der Waals surface area contributed by atoms with E-state index in [4.69, 9.17) is 15.7 Å². The molecular formula is C17H17N3O4. The van der Waals surface area contributed by atoms with Gasteiger partial charge < -0.3 is 20.8 Å². The summed E-state index contributed by atoms with van der Waals surface area (Å²) in [5.74, 6) is 0.504. The second-order valence-corrected chi connectivity index (χ2v) is 5.46. The Morgan fingerprint density at radius 1 is 1.25 bits per heavy atom. The van der Waals surface area contributed by atoms with Gasteiger partial charge in [-0.2, -0.15) is 0 Å². The molecule has 2 aromatic rings. The van der Waals surface area contributed by atoms with Crippen molar-refractivity contribution in [1.82, 2.24) is 4.90 Å². The first-order valence-electron chi connectivity index (χ1n) is 7.38. The zero-order valence-electron chi connectivity index (χ0n) is 12.8. The molecule has 0 bridgehead atoms. The predicted octanol–water partition coefficient (Wildman–Crippen LogP) is 2.39. The molecule has 24 heavy (non-hydrogen) atoms. The molecule has 0 aliphatic carbocycles. The van der Waals surface area contributed by atoms with E-state index >= 15 is 0 Å². The van der Waals surface area contributed by atoms with E-state index in [9.17, 15) is 9.90 Å². The van der Waals surface area contributed by atoms with E-state index in [0.29, 0.717) is 11.3 Å². The second kappa shape index (κ2) is 6.49. The SMILES string of the molecule is NC(=NO)c1ccc2c(c1)OC[C@H](c1ccccc1)N(C(=O)O)C2. The highest BCUT2D eigenvalue weighted by molar-refractivity contribution is 5.97. The number of nitrogens with zero attached hydrogens (tertiary/aromatic N) is 2. The standard InChI is InChI=1S/C17H17N3O4/c18-16(19-23)12-6-7-13-9-20(17(21)22)14(10-24-15(13)8-12)11-4-2-1-3-5-11/h1-8,14,23H,9-10H2,(H2,18,19)(H,21,22)/t14-/m1/s1. The van der Waals surface area contributed by atoms with E-state index in [1.54, 1.807) is 18.2 Å². The topological polar surface area (TPSA) is 108 Å². The molecule has 0 saturated carbocycles. The van der Waals surface area contributed by atoms with Gasteiger partial charge >= 0.3 is 6.09 Å². The number of nitrogens with two attached hydrogens (primary N) is 1. The number of amides is 1. The zero-order chi connectivity index (χ0) is 17.1. The molecule has 7 heteroatoms. The molecule has 0 spiro atoms. The molecule has 1 amide bonds. The number of fused-ring (bicyclic) bond motifs is 1. The molecule has 1 atom stereocenters. The number of carbonyl (C=O) groups is 1. The number of oxime groups is 1. The Labute approximate surface area is 138 Å². The number of hydrogen-bond acceptors (Lipinski definition) is 4. The van der Waals surface area contributed by atoms with Crippen molar-refractivity contribution >= 4 is 11.9 Å². The summed E-state index contributed by atoms with van der Waals surface area (Å²) in [7, 11) is 0. The van der Waals surface area contributed by atoms with Crippen molar-refractivity contribution in [2.24, 2.45) is 10.9 Å². The van der Waals surface area contributed by atoms with Crippen LogP contribution in [0, 0.1) is 0 Å². The average molecular weight is 327 g/mol. The van der Waals surface area contributed by atoms with Crippen molar-refractivity contribution < 1.29 is 19.8 Å². The van der Waals surface area contributed by atoms with Gasteiger partial charge in [0.15, 0.2) is 5.84 Å². The van der Waals surface area contributed by atoms with Crippen molar-refractivity contribution in [3.63, 3.8) is 0 Å². The van der Waals surface area contributed by atoms with Gasteiger partial charge in [0, 0.05) is 11.1 Å². The fourth-order valence-corrected chi connectivity index (χ4v) is 2.74. The monoisotopic (exact) mass is 327 g/mol. The highest BCUT2D eigenvalue weighted by Gasteiger charge is 2.29. The van der Waals surface area contributed by atoms with Crippen LogP contribution < -0.4 is 10.5 Å². The summed E-state index contributed by atoms with van der Waals surface area (Å²) in [6.45, 7) is 0.379. The molecule has 124 valence electrons. The number of benzene rings is 2. The highest BCUT2D eigenvalue weighted by atomic mass is 16.5. The average Bonchev–Trinajstić information content (AvgIpc) is 2.81. The van der Waals surface area contributed by atoms with Crippen molar-refractivity contribution in [2.45, 2.75) is 12.6 Å².